The molecule has 216 valence electrons. The van der Waals surface area contributed by atoms with Crippen LogP contribution in [0.1, 0.15) is 56.8 Å². The van der Waals surface area contributed by atoms with Crippen LogP contribution in [0.4, 0.5) is 8.78 Å². The van der Waals surface area contributed by atoms with Gasteiger partial charge >= 0.3 is 0 Å². The van der Waals surface area contributed by atoms with E-state index in [2.05, 4.69) is 5.32 Å². The number of fused-ring (bicyclic) bond motifs is 1. The van der Waals surface area contributed by atoms with Crippen LogP contribution in [-0.4, -0.2) is 59.3 Å². The summed E-state index contributed by atoms with van der Waals surface area (Å²) in [5.41, 5.74) is 1.36. The second-order valence-corrected chi connectivity index (χ2v) is 11.8. The Balaban J connectivity index is 1.70. The Morgan fingerprint density at radius 3 is 2.65 bits per heavy atom. The minimum absolute atomic E-state index is 0.0139. The molecule has 5 atom stereocenters. The van der Waals surface area contributed by atoms with Gasteiger partial charge in [0, 0.05) is 46.3 Å². The van der Waals surface area contributed by atoms with Crippen molar-refractivity contribution in [2.24, 2.45) is 11.1 Å². The molecule has 1 aliphatic heterocycles. The van der Waals surface area contributed by atoms with Gasteiger partial charge in [0.05, 0.1) is 18.2 Å². The van der Waals surface area contributed by atoms with Crippen molar-refractivity contribution in [3.05, 3.63) is 70.1 Å². The Morgan fingerprint density at radius 2 is 2.05 bits per heavy atom. The molecule has 1 fully saturated rings. The molecule has 0 saturated heterocycles. The number of ether oxygens (including phenoxy) is 2. The van der Waals surface area contributed by atoms with Crippen molar-refractivity contribution >= 4 is 23.1 Å². The van der Waals surface area contributed by atoms with Crippen LogP contribution in [0.5, 0.6) is 5.75 Å². The molecule has 0 aromatic heterocycles. The van der Waals surface area contributed by atoms with Crippen LogP contribution in [0, 0.1) is 11.2 Å². The topological polar surface area (TPSA) is 114 Å². The summed E-state index contributed by atoms with van der Waals surface area (Å²) in [7, 11) is 0. The molecule has 4 aliphatic rings. The number of allylic oxidation sites excluding steroid dienone is 3. The molecule has 1 saturated carbocycles. The van der Waals surface area contributed by atoms with Crippen LogP contribution >= 0.6 is 11.6 Å². The van der Waals surface area contributed by atoms with Crippen LogP contribution in [0.25, 0.3) is 5.57 Å². The summed E-state index contributed by atoms with van der Waals surface area (Å²) in [6.07, 6.45) is 10.6. The highest BCUT2D eigenvalue weighted by atomic mass is 35.5. The van der Waals surface area contributed by atoms with Gasteiger partial charge in [0.15, 0.2) is 11.8 Å². The lowest BCUT2D eigenvalue weighted by atomic mass is 9.65. The molecule has 10 heteroatoms. The number of aliphatic hydroxyl groups is 2. The highest BCUT2D eigenvalue weighted by molar-refractivity contribution is 6.33. The number of nitrogens with two attached hydrogens (primary N) is 1. The molecule has 3 unspecified atom stereocenters. The van der Waals surface area contributed by atoms with Crippen LogP contribution in [0.2, 0.25) is 5.02 Å². The highest BCUT2D eigenvalue weighted by Crippen LogP contribution is 2.58. The van der Waals surface area contributed by atoms with E-state index >= 15 is 8.78 Å². The molecule has 5 rings (SSSR count). The molecule has 40 heavy (non-hydrogen) atoms. The molecule has 1 aromatic rings. The van der Waals surface area contributed by atoms with Crippen molar-refractivity contribution in [1.82, 2.24) is 5.32 Å². The first kappa shape index (κ1) is 29.0. The number of aliphatic hydroxyl groups excluding tert-OH is 2. The van der Waals surface area contributed by atoms with Crippen molar-refractivity contribution in [2.75, 3.05) is 19.8 Å². The molecular weight excluding hydrogens is 542 g/mol. The number of hydrogen-bond donors (Lipinski definition) is 4. The summed E-state index contributed by atoms with van der Waals surface area (Å²) in [6, 6.07) is 1.36. The van der Waals surface area contributed by atoms with Crippen molar-refractivity contribution in [3.63, 3.8) is 0 Å². The minimum Gasteiger partial charge on any atom is -0.481 e. The summed E-state index contributed by atoms with van der Waals surface area (Å²) >= 11 is 6.54. The van der Waals surface area contributed by atoms with E-state index in [0.29, 0.717) is 6.42 Å². The summed E-state index contributed by atoms with van der Waals surface area (Å²) in [5, 5.41) is 24.5. The normalized spacial score (nSPS) is 33.2. The second kappa shape index (κ2) is 10.7. The quantitative estimate of drug-likeness (QED) is 0.350. The minimum atomic E-state index is -2.04. The van der Waals surface area contributed by atoms with E-state index in [1.165, 1.54) is 19.1 Å². The third-order valence-electron chi connectivity index (χ3n) is 8.87. The zero-order valence-electron chi connectivity index (χ0n) is 22.6. The molecule has 1 aromatic carbocycles. The van der Waals surface area contributed by atoms with E-state index in [1.54, 1.807) is 0 Å². The number of rotatable bonds is 9. The first-order valence-corrected chi connectivity index (χ1v) is 13.9. The number of halogens is 3. The van der Waals surface area contributed by atoms with Gasteiger partial charge in [-0.25, -0.2) is 8.78 Å². The number of alkyl halides is 1. The maximum Gasteiger partial charge on any atom is 0.249 e. The van der Waals surface area contributed by atoms with Crippen molar-refractivity contribution < 1.29 is 33.3 Å². The molecule has 0 radical (unpaired) electrons. The fourth-order valence-corrected chi connectivity index (χ4v) is 6.40. The maximum atomic E-state index is 16.5. The van der Waals surface area contributed by atoms with Gasteiger partial charge in [-0.05, 0) is 32.3 Å². The van der Waals surface area contributed by atoms with Crippen LogP contribution in [-0.2, 0) is 9.53 Å². The number of benzene rings is 1. The van der Waals surface area contributed by atoms with Crippen LogP contribution < -0.4 is 15.8 Å². The third kappa shape index (κ3) is 4.52. The van der Waals surface area contributed by atoms with Crippen molar-refractivity contribution in [3.8, 4) is 5.75 Å². The Labute approximate surface area is 237 Å². The zero-order valence-corrected chi connectivity index (χ0v) is 23.3. The number of carbonyl (C=O) groups excluding carboxylic acids is 1. The highest BCUT2D eigenvalue weighted by Gasteiger charge is 2.60. The first-order chi connectivity index (χ1) is 19.0. The molecule has 0 bridgehead atoms. The SMILES string of the molecule is CC1(OCCO)C=CC(C(N)=O)=C(c2c(Cl)c(F)cc3c2[C@H](O)[C@@](CNC2CCC2)(C2(C)C=CC=CC2)O3)C1F. The van der Waals surface area contributed by atoms with E-state index in [9.17, 15) is 15.0 Å². The zero-order chi connectivity index (χ0) is 28.9. The summed E-state index contributed by atoms with van der Waals surface area (Å²) in [4.78, 5) is 12.5. The Morgan fingerprint density at radius 1 is 1.30 bits per heavy atom. The molecule has 3 aliphatic carbocycles. The molecular formula is C30H35ClF2N2O5. The average Bonchev–Trinajstić information content (AvgIpc) is 3.17. The van der Waals surface area contributed by atoms with Gasteiger partial charge in [-0.1, -0.05) is 55.3 Å². The molecule has 1 heterocycles. The van der Waals surface area contributed by atoms with Crippen LogP contribution in [0.15, 0.2) is 48.1 Å². The lowest BCUT2D eigenvalue weighted by molar-refractivity contribution is -0.114. The van der Waals surface area contributed by atoms with Crippen molar-refractivity contribution in [2.45, 2.75) is 69.1 Å². The molecule has 0 spiro atoms. The maximum absolute atomic E-state index is 16.5. The third-order valence-corrected chi connectivity index (χ3v) is 9.24. The fourth-order valence-electron chi connectivity index (χ4n) is 6.14. The summed E-state index contributed by atoms with van der Waals surface area (Å²) in [5.74, 6) is -1.84. The number of primary amides is 1. The van der Waals surface area contributed by atoms with Crippen LogP contribution in [0.3, 0.4) is 0 Å². The largest absolute Gasteiger partial charge is 0.481 e. The smallest absolute Gasteiger partial charge is 0.249 e. The van der Waals surface area contributed by atoms with E-state index in [0.717, 1.165) is 25.3 Å². The van der Waals surface area contributed by atoms with Gasteiger partial charge in [-0.2, -0.15) is 0 Å². The monoisotopic (exact) mass is 576 g/mol. The van der Waals surface area contributed by atoms with Gasteiger partial charge in [-0.15, -0.1) is 0 Å². The number of carbonyl (C=O) groups is 1. The van der Waals surface area contributed by atoms with E-state index in [-0.39, 0.29) is 53.8 Å². The molecule has 1 amide bonds. The Kier molecular flexibility index (Phi) is 7.74. The fraction of sp³-hybridized carbons (Fsp3) is 0.500. The van der Waals surface area contributed by atoms with E-state index < -0.39 is 45.6 Å². The molecule has 5 N–H and O–H groups in total. The van der Waals surface area contributed by atoms with Crippen molar-refractivity contribution in [1.29, 1.82) is 0 Å². The van der Waals surface area contributed by atoms with Gasteiger partial charge in [-0.3, -0.25) is 4.79 Å². The number of amides is 1. The van der Waals surface area contributed by atoms with Gasteiger partial charge in [0.1, 0.15) is 23.3 Å². The molecule has 7 nitrogen and oxygen atoms in total. The predicted molar refractivity (Wildman–Crippen MR) is 148 cm³/mol. The number of nitrogens with one attached hydrogen (secondary N) is 1. The van der Waals surface area contributed by atoms with Gasteiger partial charge in [0.25, 0.3) is 0 Å². The predicted octanol–water partition coefficient (Wildman–Crippen LogP) is 4.22. The van der Waals surface area contributed by atoms with Gasteiger partial charge in [0.2, 0.25) is 5.91 Å². The van der Waals surface area contributed by atoms with E-state index in [1.807, 2.05) is 31.2 Å². The van der Waals surface area contributed by atoms with E-state index in [4.69, 9.17) is 26.8 Å². The summed E-state index contributed by atoms with van der Waals surface area (Å²) in [6.45, 7) is 3.08. The lowest BCUT2D eigenvalue weighted by Gasteiger charge is -2.47. The summed E-state index contributed by atoms with van der Waals surface area (Å²) < 4.78 is 44.1. The Bertz CT molecular complexity index is 1330. The first-order valence-electron chi connectivity index (χ1n) is 13.6. The average molecular weight is 577 g/mol. The lowest BCUT2D eigenvalue weighted by Crippen LogP contribution is -2.60. The standard InChI is InChI=1S/C30H35ClF2N2O5/c1-28(10-4-3-5-11-28)30(16-35-17-7-6-8-17)26(37)22-20(40-30)15-19(32)24(31)23(22)21-18(27(34)38)9-12-29(2,25(21)33)39-14-13-36/h3-5,9-10,12,15,17,25-26,35-37H,6-8,11,13-14,16H2,1-2H3,(H2,34,38)/t25?,26-,28?,29?,30-/m0/s1. The Hall–Kier alpha value is -2.56. The second-order valence-electron chi connectivity index (χ2n) is 11.4. The number of hydrogen-bond acceptors (Lipinski definition) is 6. The van der Waals surface area contributed by atoms with Gasteiger partial charge < -0.3 is 30.7 Å².